The third-order valence-corrected chi connectivity index (χ3v) is 8.21. The van der Waals surface area contributed by atoms with Crippen molar-refractivity contribution in [3.8, 4) is 0 Å². The average molecular weight is 654 g/mol. The third-order valence-electron chi connectivity index (χ3n) is 7.95. The van der Waals surface area contributed by atoms with Gasteiger partial charge in [-0.3, -0.25) is 4.79 Å². The number of amides is 1. The molecule has 9 heteroatoms. The average Bonchev–Trinajstić information content (AvgIpc) is 3.02. The second-order valence-corrected chi connectivity index (χ2v) is 12.7. The van der Waals surface area contributed by atoms with Crippen LogP contribution >= 0.6 is 11.6 Å². The molecule has 0 aliphatic heterocycles. The lowest BCUT2D eigenvalue weighted by Gasteiger charge is -2.14. The van der Waals surface area contributed by atoms with Crippen molar-refractivity contribution >= 4 is 35.0 Å². The van der Waals surface area contributed by atoms with E-state index in [1.165, 1.54) is 122 Å². The zero-order chi connectivity index (χ0) is 32.6. The van der Waals surface area contributed by atoms with Crippen molar-refractivity contribution in [3.05, 3.63) is 5.15 Å². The molecule has 1 rings (SSSR count). The van der Waals surface area contributed by atoms with Crippen LogP contribution in [0.1, 0.15) is 162 Å². The fourth-order valence-corrected chi connectivity index (χ4v) is 5.45. The van der Waals surface area contributed by atoms with Gasteiger partial charge < -0.3 is 25.4 Å². The van der Waals surface area contributed by atoms with Crippen LogP contribution in [0, 0.1) is 0 Å². The minimum absolute atomic E-state index is 0.219. The minimum Gasteiger partial charge on any atom is -0.381 e. The molecule has 0 atom stereocenters. The fraction of sp³-hybridized carbons (Fsp3) is 0.861. The quantitative estimate of drug-likeness (QED) is 0.0649. The second kappa shape index (κ2) is 31.0. The van der Waals surface area contributed by atoms with Crippen molar-refractivity contribution < 1.29 is 14.3 Å². The van der Waals surface area contributed by atoms with Gasteiger partial charge in [-0.05, 0) is 25.7 Å². The van der Waals surface area contributed by atoms with E-state index in [2.05, 4.69) is 39.8 Å². The first-order valence-electron chi connectivity index (χ1n) is 18.6. The smallest absolute Gasteiger partial charge is 0.222 e. The van der Waals surface area contributed by atoms with E-state index in [4.69, 9.17) is 21.1 Å². The van der Waals surface area contributed by atoms with Gasteiger partial charge in [-0.25, -0.2) is 9.97 Å². The van der Waals surface area contributed by atoms with Crippen molar-refractivity contribution in [2.75, 3.05) is 55.5 Å². The number of rotatable bonds is 33. The number of halogens is 1. The molecule has 0 aliphatic rings. The number of nitrogens with zero attached hydrogens (tertiary/aromatic N) is 2. The van der Waals surface area contributed by atoms with Gasteiger partial charge in [0.1, 0.15) is 0 Å². The summed E-state index contributed by atoms with van der Waals surface area (Å²) in [6.45, 7) is 10.3. The summed E-state index contributed by atoms with van der Waals surface area (Å²) in [5.74, 6) is 1.12. The molecule has 1 heterocycles. The number of aromatic nitrogens is 2. The Balaban J connectivity index is 2.17. The van der Waals surface area contributed by atoms with Gasteiger partial charge in [0.25, 0.3) is 0 Å². The molecule has 1 aromatic heterocycles. The Hall–Kier alpha value is -1.64. The Kier molecular flexibility index (Phi) is 28.5. The van der Waals surface area contributed by atoms with Gasteiger partial charge in [-0.2, -0.15) is 0 Å². The number of carbonyl (C=O) groups excluding carboxylic acids is 1. The standard InChI is InChI=1S/C36H68ClN5O3/c1-4-6-8-10-12-14-16-18-20-22-28-44-30-24-26-38-34-33(37)41-36(40-32(3)43)35(42-34)39-27-25-31-45-29-23-21-19-17-15-13-11-9-7-5-2/h4-31H2,1-3H3,(H2,38,39,42)(H,40,41,43). The highest BCUT2D eigenvalue weighted by atomic mass is 35.5. The third kappa shape index (κ3) is 25.2. The highest BCUT2D eigenvalue weighted by Crippen LogP contribution is 2.26. The maximum atomic E-state index is 11.7. The largest absolute Gasteiger partial charge is 0.381 e. The lowest BCUT2D eigenvalue weighted by atomic mass is 10.1. The highest BCUT2D eigenvalue weighted by molar-refractivity contribution is 6.32. The lowest BCUT2D eigenvalue weighted by Crippen LogP contribution is -2.16. The van der Waals surface area contributed by atoms with Crippen LogP contribution in [0.4, 0.5) is 17.5 Å². The molecule has 0 bridgehead atoms. The molecule has 0 unspecified atom stereocenters. The summed E-state index contributed by atoms with van der Waals surface area (Å²) in [5.41, 5.74) is 0. The molecular weight excluding hydrogens is 586 g/mol. The molecule has 1 aromatic rings. The van der Waals surface area contributed by atoms with Crippen LogP contribution in [0.2, 0.25) is 5.15 Å². The summed E-state index contributed by atoms with van der Waals surface area (Å²) in [7, 11) is 0. The summed E-state index contributed by atoms with van der Waals surface area (Å²) in [4.78, 5) is 20.7. The van der Waals surface area contributed by atoms with E-state index in [1.54, 1.807) is 0 Å². The first-order chi connectivity index (χ1) is 22.1. The Labute approximate surface area is 281 Å². The number of unbranched alkanes of at least 4 members (excludes halogenated alkanes) is 18. The van der Waals surface area contributed by atoms with Crippen LogP contribution in [0.15, 0.2) is 0 Å². The predicted molar refractivity (Wildman–Crippen MR) is 193 cm³/mol. The van der Waals surface area contributed by atoms with Gasteiger partial charge in [0, 0.05) is 46.4 Å². The van der Waals surface area contributed by atoms with E-state index in [0.717, 1.165) is 38.9 Å². The van der Waals surface area contributed by atoms with E-state index in [1.807, 2.05) is 0 Å². The van der Waals surface area contributed by atoms with Crippen LogP contribution in [-0.2, 0) is 14.3 Å². The SMILES string of the molecule is CCCCCCCCCCCCOCCCNc1nc(NCCCOCCCCCCCCCCCC)c(NC(C)=O)nc1Cl. The molecule has 3 N–H and O–H groups in total. The Bertz CT molecular complexity index is 830. The summed E-state index contributed by atoms with van der Waals surface area (Å²) in [5, 5.41) is 9.52. The number of ether oxygens (including phenoxy) is 2. The van der Waals surface area contributed by atoms with Gasteiger partial charge in [0.05, 0.1) is 0 Å². The summed E-state index contributed by atoms with van der Waals surface area (Å²) < 4.78 is 11.6. The van der Waals surface area contributed by atoms with Gasteiger partial charge in [-0.15, -0.1) is 0 Å². The second-order valence-electron chi connectivity index (χ2n) is 12.4. The first-order valence-corrected chi connectivity index (χ1v) is 18.9. The zero-order valence-corrected chi connectivity index (χ0v) is 30.1. The van der Waals surface area contributed by atoms with E-state index in [0.29, 0.717) is 43.8 Å². The number of hydrogen-bond donors (Lipinski definition) is 3. The topological polar surface area (TPSA) is 97.4 Å². The van der Waals surface area contributed by atoms with Crippen molar-refractivity contribution in [1.82, 2.24) is 9.97 Å². The summed E-state index contributed by atoms with van der Waals surface area (Å²) >= 11 is 6.38. The molecule has 0 saturated heterocycles. The van der Waals surface area contributed by atoms with Crippen LogP contribution in [0.3, 0.4) is 0 Å². The lowest BCUT2D eigenvalue weighted by molar-refractivity contribution is -0.114. The maximum absolute atomic E-state index is 11.7. The minimum atomic E-state index is -0.219. The van der Waals surface area contributed by atoms with Crippen molar-refractivity contribution in [3.63, 3.8) is 0 Å². The molecule has 262 valence electrons. The number of nitrogens with one attached hydrogen (secondary N) is 3. The van der Waals surface area contributed by atoms with E-state index in [9.17, 15) is 4.79 Å². The normalized spacial score (nSPS) is 11.2. The molecule has 0 radical (unpaired) electrons. The highest BCUT2D eigenvalue weighted by Gasteiger charge is 2.13. The van der Waals surface area contributed by atoms with Crippen molar-refractivity contribution in [2.45, 2.75) is 162 Å². The van der Waals surface area contributed by atoms with Crippen LogP contribution in [-0.4, -0.2) is 55.4 Å². The maximum Gasteiger partial charge on any atom is 0.222 e. The monoisotopic (exact) mass is 654 g/mol. The molecular formula is C36H68ClN5O3. The predicted octanol–water partition coefficient (Wildman–Crippen LogP) is 10.6. The van der Waals surface area contributed by atoms with Gasteiger partial charge in [-0.1, -0.05) is 141 Å². The van der Waals surface area contributed by atoms with Crippen molar-refractivity contribution in [1.29, 1.82) is 0 Å². The van der Waals surface area contributed by atoms with E-state index >= 15 is 0 Å². The molecule has 8 nitrogen and oxygen atoms in total. The molecule has 0 fully saturated rings. The molecule has 0 spiro atoms. The molecule has 0 aromatic carbocycles. The van der Waals surface area contributed by atoms with Gasteiger partial charge >= 0.3 is 0 Å². The Morgan fingerprint density at radius 2 is 0.911 bits per heavy atom. The first kappa shape index (κ1) is 41.4. The molecule has 1 amide bonds. The molecule has 0 aliphatic carbocycles. The molecule has 45 heavy (non-hydrogen) atoms. The number of hydrogen-bond acceptors (Lipinski definition) is 7. The summed E-state index contributed by atoms with van der Waals surface area (Å²) in [6, 6.07) is 0. The van der Waals surface area contributed by atoms with E-state index < -0.39 is 0 Å². The zero-order valence-electron chi connectivity index (χ0n) is 29.3. The number of carbonyl (C=O) groups is 1. The molecule has 0 saturated carbocycles. The van der Waals surface area contributed by atoms with Gasteiger partial charge in [0.2, 0.25) is 5.91 Å². The van der Waals surface area contributed by atoms with Crippen LogP contribution in [0.5, 0.6) is 0 Å². The summed E-state index contributed by atoms with van der Waals surface area (Å²) in [6.07, 6.45) is 28.2. The van der Waals surface area contributed by atoms with Crippen LogP contribution in [0.25, 0.3) is 0 Å². The number of anilines is 3. The van der Waals surface area contributed by atoms with Crippen LogP contribution < -0.4 is 16.0 Å². The van der Waals surface area contributed by atoms with E-state index in [-0.39, 0.29) is 11.1 Å². The van der Waals surface area contributed by atoms with Crippen molar-refractivity contribution in [2.24, 2.45) is 0 Å². The Morgan fingerprint density at radius 3 is 1.33 bits per heavy atom. The fourth-order valence-electron chi connectivity index (χ4n) is 5.25. The Morgan fingerprint density at radius 1 is 0.533 bits per heavy atom. The van der Waals surface area contributed by atoms with Gasteiger partial charge in [0.15, 0.2) is 22.6 Å².